The molecule has 1 aromatic carbocycles. The topological polar surface area (TPSA) is 81.0 Å². The third-order valence-corrected chi connectivity index (χ3v) is 4.41. The highest BCUT2D eigenvalue weighted by atomic mass is 35.5. The monoisotopic (exact) mass is 338 g/mol. The van der Waals surface area contributed by atoms with Crippen LogP contribution in [0.15, 0.2) is 23.0 Å². The lowest BCUT2D eigenvalue weighted by Gasteiger charge is -2.23. The van der Waals surface area contributed by atoms with Gasteiger partial charge in [-0.15, -0.1) is 12.4 Å². The van der Waals surface area contributed by atoms with Crippen molar-refractivity contribution in [3.63, 3.8) is 0 Å². The van der Waals surface area contributed by atoms with Gasteiger partial charge in [0.25, 0.3) is 0 Å². The van der Waals surface area contributed by atoms with Crippen LogP contribution in [0.5, 0.6) is 0 Å². The molecule has 1 unspecified atom stereocenters. The van der Waals surface area contributed by atoms with Crippen molar-refractivity contribution in [3.8, 4) is 0 Å². The Balaban J connectivity index is 0.00000192. The van der Waals surface area contributed by atoms with E-state index < -0.39 is 0 Å². The first-order chi connectivity index (χ1) is 10.6. The molecule has 2 aromatic rings. The molecule has 3 N–H and O–H groups in total. The Bertz CT molecular complexity index is 718. The first-order valence-corrected chi connectivity index (χ1v) is 7.81. The molecule has 23 heavy (non-hydrogen) atoms. The molecule has 1 aliphatic rings. The smallest absolute Gasteiger partial charge is 0.323 e. The summed E-state index contributed by atoms with van der Waals surface area (Å²) >= 11 is 0. The standard InChI is InChI=1S/C16H22N4O2.ClH/c1-20(12-7-8-17-10-12)15(21)4-2-3-11-5-6-13-14(9-11)19-16(22)18-13;/h5-6,9,12,17H,2-4,7-8,10H2,1H3,(H2,18,19,22);1H. The van der Waals surface area contributed by atoms with Gasteiger partial charge in [0, 0.05) is 26.1 Å². The zero-order valence-electron chi connectivity index (χ0n) is 13.2. The van der Waals surface area contributed by atoms with Gasteiger partial charge in [-0.3, -0.25) is 4.79 Å². The van der Waals surface area contributed by atoms with E-state index in [0.717, 1.165) is 48.9 Å². The zero-order valence-corrected chi connectivity index (χ0v) is 14.0. The summed E-state index contributed by atoms with van der Waals surface area (Å²) in [4.78, 5) is 30.8. The number of H-pyrrole nitrogens is 2. The van der Waals surface area contributed by atoms with Crippen molar-refractivity contribution in [3.05, 3.63) is 34.2 Å². The summed E-state index contributed by atoms with van der Waals surface area (Å²) in [6.45, 7) is 1.90. The molecule has 0 spiro atoms. The van der Waals surface area contributed by atoms with Crippen molar-refractivity contribution in [2.45, 2.75) is 31.7 Å². The van der Waals surface area contributed by atoms with Crippen LogP contribution >= 0.6 is 12.4 Å². The normalized spacial score (nSPS) is 17.2. The number of halogens is 1. The Morgan fingerprint density at radius 3 is 2.83 bits per heavy atom. The highest BCUT2D eigenvalue weighted by molar-refractivity contribution is 5.85. The SMILES string of the molecule is CN(C(=O)CCCc1ccc2[nH]c(=O)[nH]c2c1)C1CCNC1.Cl. The average Bonchev–Trinajstić information content (AvgIpc) is 3.14. The molecule has 1 fully saturated rings. The van der Waals surface area contributed by atoms with Crippen LogP contribution in [0.2, 0.25) is 0 Å². The predicted octanol–water partition coefficient (Wildman–Crippen LogP) is 1.42. The molecule has 1 amide bonds. The van der Waals surface area contributed by atoms with Gasteiger partial charge in [-0.05, 0) is 43.5 Å². The van der Waals surface area contributed by atoms with E-state index in [-0.39, 0.29) is 24.0 Å². The van der Waals surface area contributed by atoms with Gasteiger partial charge >= 0.3 is 5.69 Å². The van der Waals surface area contributed by atoms with Crippen LogP contribution < -0.4 is 11.0 Å². The summed E-state index contributed by atoms with van der Waals surface area (Å²) < 4.78 is 0. The van der Waals surface area contributed by atoms with Crippen LogP contribution in [0.1, 0.15) is 24.8 Å². The second kappa shape index (κ2) is 7.66. The number of aromatic nitrogens is 2. The fraction of sp³-hybridized carbons (Fsp3) is 0.500. The minimum Gasteiger partial charge on any atom is -0.341 e. The largest absolute Gasteiger partial charge is 0.341 e. The number of fused-ring (bicyclic) bond motifs is 1. The summed E-state index contributed by atoms with van der Waals surface area (Å²) in [5, 5.41) is 3.28. The number of carbonyl (C=O) groups is 1. The fourth-order valence-electron chi connectivity index (χ4n) is 3.03. The number of rotatable bonds is 5. The van der Waals surface area contributed by atoms with E-state index in [0.29, 0.717) is 12.5 Å². The third-order valence-electron chi connectivity index (χ3n) is 4.41. The highest BCUT2D eigenvalue weighted by Crippen LogP contribution is 2.14. The average molecular weight is 339 g/mol. The van der Waals surface area contributed by atoms with Crippen molar-refractivity contribution in [2.75, 3.05) is 20.1 Å². The quantitative estimate of drug-likeness (QED) is 0.771. The number of carbonyl (C=O) groups excluding carboxylic acids is 1. The Kier molecular flexibility index (Phi) is 5.85. The number of amides is 1. The van der Waals surface area contributed by atoms with E-state index in [4.69, 9.17) is 0 Å². The van der Waals surface area contributed by atoms with Crippen LogP contribution in [0, 0.1) is 0 Å². The molecule has 3 rings (SSSR count). The van der Waals surface area contributed by atoms with Crippen molar-refractivity contribution in [2.24, 2.45) is 0 Å². The van der Waals surface area contributed by atoms with Crippen molar-refractivity contribution in [1.82, 2.24) is 20.2 Å². The van der Waals surface area contributed by atoms with Gasteiger partial charge in [-0.2, -0.15) is 0 Å². The van der Waals surface area contributed by atoms with Gasteiger partial charge in [0.15, 0.2) is 0 Å². The lowest BCUT2D eigenvalue weighted by molar-refractivity contribution is -0.131. The molecular weight excluding hydrogens is 316 g/mol. The maximum atomic E-state index is 12.2. The summed E-state index contributed by atoms with van der Waals surface area (Å²) in [5.74, 6) is 0.213. The number of hydrogen-bond donors (Lipinski definition) is 3. The maximum Gasteiger partial charge on any atom is 0.323 e. The van der Waals surface area contributed by atoms with Gasteiger partial charge in [-0.25, -0.2) is 4.79 Å². The first-order valence-electron chi connectivity index (χ1n) is 7.81. The predicted molar refractivity (Wildman–Crippen MR) is 93.2 cm³/mol. The number of likely N-dealkylation sites (N-methyl/N-ethyl adjacent to an activating group) is 1. The molecule has 0 saturated carbocycles. The fourth-order valence-corrected chi connectivity index (χ4v) is 3.03. The zero-order chi connectivity index (χ0) is 15.5. The van der Waals surface area contributed by atoms with E-state index in [9.17, 15) is 9.59 Å². The number of nitrogens with zero attached hydrogens (tertiary/aromatic N) is 1. The Labute approximate surface area is 141 Å². The molecule has 0 bridgehead atoms. The number of benzene rings is 1. The van der Waals surface area contributed by atoms with Crippen molar-refractivity contribution >= 4 is 29.3 Å². The number of hydrogen-bond acceptors (Lipinski definition) is 3. The van der Waals surface area contributed by atoms with Crippen LogP contribution in [0.3, 0.4) is 0 Å². The van der Waals surface area contributed by atoms with E-state index in [2.05, 4.69) is 15.3 Å². The Morgan fingerprint density at radius 2 is 2.09 bits per heavy atom. The van der Waals surface area contributed by atoms with Gasteiger partial charge in [0.05, 0.1) is 11.0 Å². The second-order valence-corrected chi connectivity index (χ2v) is 5.96. The van der Waals surface area contributed by atoms with Crippen molar-refractivity contribution in [1.29, 1.82) is 0 Å². The number of nitrogens with one attached hydrogen (secondary N) is 3. The molecule has 1 aliphatic heterocycles. The lowest BCUT2D eigenvalue weighted by Crippen LogP contribution is -2.38. The summed E-state index contributed by atoms with van der Waals surface area (Å²) in [6, 6.07) is 6.22. The van der Waals surface area contributed by atoms with Crippen LogP contribution in [-0.2, 0) is 11.2 Å². The van der Waals surface area contributed by atoms with Gasteiger partial charge < -0.3 is 20.2 Å². The molecular formula is C16H23ClN4O2. The molecule has 126 valence electrons. The maximum absolute atomic E-state index is 12.2. The molecule has 0 aliphatic carbocycles. The molecule has 1 saturated heterocycles. The Hall–Kier alpha value is -1.79. The van der Waals surface area contributed by atoms with Crippen molar-refractivity contribution < 1.29 is 4.79 Å². The Morgan fingerprint density at radius 1 is 1.30 bits per heavy atom. The summed E-state index contributed by atoms with van der Waals surface area (Å²) in [5.41, 5.74) is 2.59. The van der Waals surface area contributed by atoms with E-state index >= 15 is 0 Å². The van der Waals surface area contributed by atoms with Crippen LogP contribution in [0.4, 0.5) is 0 Å². The molecule has 6 nitrogen and oxygen atoms in total. The third kappa shape index (κ3) is 4.14. The molecule has 0 radical (unpaired) electrons. The van der Waals surface area contributed by atoms with Gasteiger partial charge in [0.1, 0.15) is 0 Å². The van der Waals surface area contributed by atoms with E-state index in [1.165, 1.54) is 0 Å². The van der Waals surface area contributed by atoms with E-state index in [1.807, 2.05) is 30.1 Å². The molecule has 1 atom stereocenters. The number of imidazole rings is 1. The summed E-state index contributed by atoms with van der Waals surface area (Å²) in [7, 11) is 1.90. The second-order valence-electron chi connectivity index (χ2n) is 5.96. The minimum atomic E-state index is -0.186. The number of aryl methyl sites for hydroxylation is 1. The van der Waals surface area contributed by atoms with Gasteiger partial charge in [0.2, 0.25) is 5.91 Å². The molecule has 1 aromatic heterocycles. The molecule has 2 heterocycles. The van der Waals surface area contributed by atoms with Crippen LogP contribution in [-0.4, -0.2) is 47.0 Å². The molecule has 7 heteroatoms. The highest BCUT2D eigenvalue weighted by Gasteiger charge is 2.22. The summed E-state index contributed by atoms with van der Waals surface area (Å²) in [6.07, 6.45) is 3.27. The number of aromatic amines is 2. The lowest BCUT2D eigenvalue weighted by atomic mass is 10.1. The van der Waals surface area contributed by atoms with E-state index in [1.54, 1.807) is 0 Å². The van der Waals surface area contributed by atoms with Gasteiger partial charge in [-0.1, -0.05) is 6.07 Å². The minimum absolute atomic E-state index is 0. The first kappa shape index (κ1) is 17.6. The van der Waals surface area contributed by atoms with Crippen LogP contribution in [0.25, 0.3) is 11.0 Å².